The maximum Gasteiger partial charge on any atom is 0.0563 e. The molecule has 0 radical (unpaired) electrons. The van der Waals surface area contributed by atoms with Crippen molar-refractivity contribution in [2.75, 3.05) is 6.54 Å². The molecule has 0 bridgehead atoms. The van der Waals surface area contributed by atoms with E-state index in [2.05, 4.69) is 13.8 Å². The number of aliphatic hydroxyl groups is 1. The van der Waals surface area contributed by atoms with E-state index in [9.17, 15) is 5.11 Å². The van der Waals surface area contributed by atoms with Crippen LogP contribution in [0, 0.1) is 5.41 Å². The molecule has 0 amide bonds. The Balaban J connectivity index is 0. The molecule has 1 unspecified atom stereocenters. The van der Waals surface area contributed by atoms with Gasteiger partial charge in [-0.1, -0.05) is 27.7 Å². The Morgan fingerprint density at radius 1 is 1.33 bits per heavy atom. The maximum absolute atomic E-state index is 9.27. The van der Waals surface area contributed by atoms with Crippen molar-refractivity contribution in [2.24, 2.45) is 11.1 Å². The standard InChI is InChI=1S/C8H19NO.C2H6/c1-7(10)8(2,3)5-4-6-9;1-2/h7,10H,4-6,9H2,1-3H3;1-2H3. The van der Waals surface area contributed by atoms with Crippen molar-refractivity contribution in [3.05, 3.63) is 0 Å². The Morgan fingerprint density at radius 3 is 2.00 bits per heavy atom. The summed E-state index contributed by atoms with van der Waals surface area (Å²) < 4.78 is 0. The summed E-state index contributed by atoms with van der Waals surface area (Å²) in [5.74, 6) is 0. The van der Waals surface area contributed by atoms with Crippen molar-refractivity contribution in [1.29, 1.82) is 0 Å². The van der Waals surface area contributed by atoms with Gasteiger partial charge in [0.1, 0.15) is 0 Å². The summed E-state index contributed by atoms with van der Waals surface area (Å²) in [5, 5.41) is 9.27. The lowest BCUT2D eigenvalue weighted by atomic mass is 9.83. The minimum Gasteiger partial charge on any atom is -0.393 e. The van der Waals surface area contributed by atoms with Gasteiger partial charge in [0.15, 0.2) is 0 Å². The van der Waals surface area contributed by atoms with Gasteiger partial charge in [-0.2, -0.15) is 0 Å². The molecule has 2 nitrogen and oxygen atoms in total. The zero-order chi connectivity index (χ0) is 10.2. The topological polar surface area (TPSA) is 46.2 Å². The second-order valence-corrected chi connectivity index (χ2v) is 3.56. The van der Waals surface area contributed by atoms with Gasteiger partial charge in [-0.05, 0) is 31.7 Å². The number of nitrogens with two attached hydrogens (primary N) is 1. The number of hydrogen-bond donors (Lipinski definition) is 2. The molecule has 0 aliphatic heterocycles. The molecular weight excluding hydrogens is 150 g/mol. The Morgan fingerprint density at radius 2 is 1.75 bits per heavy atom. The summed E-state index contributed by atoms with van der Waals surface area (Å²) in [6.45, 7) is 10.7. The second kappa shape index (κ2) is 7.56. The second-order valence-electron chi connectivity index (χ2n) is 3.56. The zero-order valence-electron chi connectivity index (χ0n) is 9.22. The molecule has 0 spiro atoms. The summed E-state index contributed by atoms with van der Waals surface area (Å²) in [6.07, 6.45) is 1.76. The fourth-order valence-corrected chi connectivity index (χ4v) is 0.767. The maximum atomic E-state index is 9.27. The third kappa shape index (κ3) is 6.62. The normalized spacial score (nSPS) is 13.2. The minimum atomic E-state index is -0.237. The molecule has 0 aromatic carbocycles. The van der Waals surface area contributed by atoms with Crippen LogP contribution in [-0.4, -0.2) is 17.8 Å². The fourth-order valence-electron chi connectivity index (χ4n) is 0.767. The molecule has 0 rings (SSSR count). The highest BCUT2D eigenvalue weighted by Gasteiger charge is 2.22. The van der Waals surface area contributed by atoms with Crippen LogP contribution in [0.3, 0.4) is 0 Å². The fraction of sp³-hybridized carbons (Fsp3) is 1.00. The van der Waals surface area contributed by atoms with Crippen LogP contribution in [0.25, 0.3) is 0 Å². The van der Waals surface area contributed by atoms with Gasteiger partial charge in [-0.15, -0.1) is 0 Å². The predicted molar refractivity (Wildman–Crippen MR) is 55.1 cm³/mol. The molecule has 0 aliphatic rings. The van der Waals surface area contributed by atoms with Crippen molar-refractivity contribution in [1.82, 2.24) is 0 Å². The first-order chi connectivity index (χ1) is 5.50. The average molecular weight is 175 g/mol. The molecule has 0 aromatic rings. The van der Waals surface area contributed by atoms with Crippen LogP contribution in [0.4, 0.5) is 0 Å². The van der Waals surface area contributed by atoms with Gasteiger partial charge in [-0.25, -0.2) is 0 Å². The summed E-state index contributed by atoms with van der Waals surface area (Å²) >= 11 is 0. The molecular formula is C10H25NO. The molecule has 12 heavy (non-hydrogen) atoms. The third-order valence-corrected chi connectivity index (χ3v) is 2.16. The van der Waals surface area contributed by atoms with E-state index in [-0.39, 0.29) is 11.5 Å². The first-order valence-corrected chi connectivity index (χ1v) is 4.89. The van der Waals surface area contributed by atoms with Gasteiger partial charge in [0.05, 0.1) is 6.10 Å². The van der Waals surface area contributed by atoms with Gasteiger partial charge < -0.3 is 10.8 Å². The zero-order valence-corrected chi connectivity index (χ0v) is 9.22. The van der Waals surface area contributed by atoms with Crippen molar-refractivity contribution >= 4 is 0 Å². The molecule has 0 saturated carbocycles. The lowest BCUT2D eigenvalue weighted by molar-refractivity contribution is 0.0587. The van der Waals surface area contributed by atoms with Crippen LogP contribution >= 0.6 is 0 Å². The van der Waals surface area contributed by atoms with Crippen LogP contribution < -0.4 is 5.73 Å². The van der Waals surface area contributed by atoms with Crippen molar-refractivity contribution < 1.29 is 5.11 Å². The Kier molecular flexibility index (Phi) is 9.10. The number of aliphatic hydroxyl groups excluding tert-OH is 1. The number of rotatable bonds is 4. The molecule has 3 N–H and O–H groups in total. The third-order valence-electron chi connectivity index (χ3n) is 2.16. The van der Waals surface area contributed by atoms with Gasteiger partial charge in [-0.3, -0.25) is 0 Å². The van der Waals surface area contributed by atoms with E-state index in [0.29, 0.717) is 0 Å². The largest absolute Gasteiger partial charge is 0.393 e. The first-order valence-electron chi connectivity index (χ1n) is 4.89. The minimum absolute atomic E-state index is 0.0272. The molecule has 76 valence electrons. The van der Waals surface area contributed by atoms with Gasteiger partial charge in [0, 0.05) is 0 Å². The van der Waals surface area contributed by atoms with Gasteiger partial charge in [0.2, 0.25) is 0 Å². The highest BCUT2D eigenvalue weighted by Crippen LogP contribution is 2.25. The van der Waals surface area contributed by atoms with E-state index in [1.54, 1.807) is 0 Å². The molecule has 0 aromatic heterocycles. The van der Waals surface area contributed by atoms with Crippen LogP contribution in [0.5, 0.6) is 0 Å². The summed E-state index contributed by atoms with van der Waals surface area (Å²) in [7, 11) is 0. The van der Waals surface area contributed by atoms with Crippen LogP contribution in [0.15, 0.2) is 0 Å². The van der Waals surface area contributed by atoms with Crippen molar-refractivity contribution in [3.63, 3.8) is 0 Å². The molecule has 1 atom stereocenters. The summed E-state index contributed by atoms with van der Waals surface area (Å²) in [4.78, 5) is 0. The lowest BCUT2D eigenvalue weighted by Crippen LogP contribution is -2.26. The van der Waals surface area contributed by atoms with Crippen molar-refractivity contribution in [3.8, 4) is 0 Å². The molecule has 0 fully saturated rings. The highest BCUT2D eigenvalue weighted by atomic mass is 16.3. The molecule has 0 aliphatic carbocycles. The molecule has 2 heteroatoms. The molecule has 0 heterocycles. The van der Waals surface area contributed by atoms with Crippen molar-refractivity contribution in [2.45, 2.75) is 53.6 Å². The van der Waals surface area contributed by atoms with Gasteiger partial charge in [0.25, 0.3) is 0 Å². The van der Waals surface area contributed by atoms with E-state index in [1.807, 2.05) is 20.8 Å². The van der Waals surface area contributed by atoms with Crippen LogP contribution in [-0.2, 0) is 0 Å². The Hall–Kier alpha value is -0.0800. The monoisotopic (exact) mass is 175 g/mol. The van der Waals surface area contributed by atoms with Crippen LogP contribution in [0.1, 0.15) is 47.5 Å². The highest BCUT2D eigenvalue weighted by molar-refractivity contribution is 4.73. The van der Waals surface area contributed by atoms with E-state index < -0.39 is 0 Å². The van der Waals surface area contributed by atoms with E-state index in [1.165, 1.54) is 0 Å². The first kappa shape index (κ1) is 14.4. The van der Waals surface area contributed by atoms with E-state index >= 15 is 0 Å². The summed E-state index contributed by atoms with van der Waals surface area (Å²) in [6, 6.07) is 0. The van der Waals surface area contributed by atoms with E-state index in [4.69, 9.17) is 5.73 Å². The molecule has 0 saturated heterocycles. The average Bonchev–Trinajstić information content (AvgIpc) is 2.04. The van der Waals surface area contributed by atoms with Crippen LogP contribution in [0.2, 0.25) is 0 Å². The summed E-state index contributed by atoms with van der Waals surface area (Å²) in [5.41, 5.74) is 5.38. The van der Waals surface area contributed by atoms with E-state index in [0.717, 1.165) is 19.4 Å². The lowest BCUT2D eigenvalue weighted by Gasteiger charge is -2.27. The van der Waals surface area contributed by atoms with Gasteiger partial charge >= 0.3 is 0 Å². The Bertz CT molecular complexity index is 89.8. The SMILES string of the molecule is CC.CC(O)C(C)(C)CCCN. The Labute approximate surface area is 77.2 Å². The smallest absolute Gasteiger partial charge is 0.0563 e. The predicted octanol–water partition coefficient (Wildman–Crippen LogP) is 2.16. The number of hydrogen-bond acceptors (Lipinski definition) is 2. The quantitative estimate of drug-likeness (QED) is 0.688.